The van der Waals surface area contributed by atoms with Crippen LogP contribution in [-0.4, -0.2) is 12.1 Å². The molecule has 0 saturated carbocycles. The molecular weight excluding hydrogens is 354 g/mol. The van der Waals surface area contributed by atoms with Gasteiger partial charge in [-0.05, 0) is 60.1 Å². The molecule has 2 aromatic carbocycles. The predicted molar refractivity (Wildman–Crippen MR) is 110 cm³/mol. The van der Waals surface area contributed by atoms with E-state index in [0.717, 1.165) is 24.8 Å². The summed E-state index contributed by atoms with van der Waals surface area (Å²) in [5.41, 5.74) is 8.26. The number of nitrogens with two attached hydrogens (primary N) is 1. The van der Waals surface area contributed by atoms with Crippen LogP contribution < -0.4 is 15.2 Å². The minimum Gasteiger partial charge on any atom is -0.419 e. The van der Waals surface area contributed by atoms with E-state index in [1.807, 2.05) is 18.2 Å². The molecule has 0 aliphatic carbocycles. The van der Waals surface area contributed by atoms with Crippen LogP contribution in [-0.2, 0) is 11.8 Å². The average molecular weight is 383 g/mol. The Bertz CT molecular complexity index is 848. The number of ether oxygens (including phenoxy) is 2. The second-order valence-electron chi connectivity index (χ2n) is 7.98. The molecule has 0 aliphatic heterocycles. The van der Waals surface area contributed by atoms with Gasteiger partial charge in [0.05, 0.1) is 5.56 Å². The number of carbonyl (C=O) groups is 2. The zero-order valence-corrected chi connectivity index (χ0v) is 17.3. The number of hydrogen-bond acceptors (Lipinski definition) is 4. The molecule has 0 bridgehead atoms. The maximum Gasteiger partial charge on any atom is 0.410 e. The van der Waals surface area contributed by atoms with Crippen LogP contribution in [0.25, 0.3) is 0 Å². The highest BCUT2D eigenvalue weighted by atomic mass is 16.6. The lowest BCUT2D eigenvalue weighted by molar-refractivity contribution is 0.0729. The van der Waals surface area contributed by atoms with Gasteiger partial charge in [0.2, 0.25) is 0 Å². The maximum absolute atomic E-state index is 12.7. The number of hydrogen-bond donors (Lipinski definition) is 1. The Morgan fingerprint density at radius 3 is 2.21 bits per heavy atom. The maximum atomic E-state index is 12.7. The topological polar surface area (TPSA) is 78.6 Å². The van der Waals surface area contributed by atoms with Crippen molar-refractivity contribution < 1.29 is 19.1 Å². The lowest BCUT2D eigenvalue weighted by Crippen LogP contribution is -2.19. The van der Waals surface area contributed by atoms with Gasteiger partial charge in [0, 0.05) is 0 Å². The van der Waals surface area contributed by atoms with E-state index < -0.39 is 12.1 Å². The minimum atomic E-state index is -0.954. The van der Waals surface area contributed by atoms with Crippen molar-refractivity contribution in [2.45, 2.75) is 59.3 Å². The van der Waals surface area contributed by atoms with E-state index in [4.69, 9.17) is 15.2 Å². The number of rotatable bonds is 6. The van der Waals surface area contributed by atoms with Crippen LogP contribution in [0.3, 0.4) is 0 Å². The van der Waals surface area contributed by atoms with Gasteiger partial charge in [0.1, 0.15) is 0 Å². The van der Waals surface area contributed by atoms with Gasteiger partial charge in [-0.1, -0.05) is 52.3 Å². The van der Waals surface area contributed by atoms with Crippen LogP contribution in [0, 0.1) is 6.92 Å². The third kappa shape index (κ3) is 5.59. The van der Waals surface area contributed by atoms with E-state index in [1.165, 1.54) is 5.56 Å². The van der Waals surface area contributed by atoms with Gasteiger partial charge in [-0.15, -0.1) is 0 Å². The van der Waals surface area contributed by atoms with Crippen molar-refractivity contribution in [2.24, 2.45) is 5.73 Å². The lowest BCUT2D eigenvalue weighted by Gasteiger charge is -2.22. The van der Waals surface area contributed by atoms with Crippen molar-refractivity contribution in [2.75, 3.05) is 0 Å². The van der Waals surface area contributed by atoms with Crippen LogP contribution >= 0.6 is 0 Å². The highest BCUT2D eigenvalue weighted by Gasteiger charge is 2.22. The summed E-state index contributed by atoms with van der Waals surface area (Å²) in [4.78, 5) is 23.9. The van der Waals surface area contributed by atoms with Crippen LogP contribution in [0.1, 0.15) is 67.6 Å². The van der Waals surface area contributed by atoms with Crippen LogP contribution in [0.4, 0.5) is 4.79 Å². The predicted octanol–water partition coefficient (Wildman–Crippen LogP) is 5.31. The smallest absolute Gasteiger partial charge is 0.410 e. The van der Waals surface area contributed by atoms with E-state index in [9.17, 15) is 9.59 Å². The Hall–Kier alpha value is -2.82. The first kappa shape index (κ1) is 21.5. The SMILES string of the molecule is CCCCc1ccc(C(=O)Oc2cc(C(C)(C)C)cc(C)c2OC(N)=O)cc1. The number of amides is 1. The summed E-state index contributed by atoms with van der Waals surface area (Å²) in [6.45, 7) is 10.1. The molecule has 0 unspecified atom stereocenters. The van der Waals surface area contributed by atoms with Crippen LogP contribution in [0.5, 0.6) is 11.5 Å². The van der Waals surface area contributed by atoms with Gasteiger partial charge in [-0.3, -0.25) is 0 Å². The standard InChI is InChI=1S/C23H29NO4/c1-6-7-8-16-9-11-17(12-10-16)21(25)27-19-14-18(23(3,4)5)13-15(2)20(19)28-22(24)26/h9-14H,6-8H2,1-5H3,(H2,24,26). The molecule has 0 radical (unpaired) electrons. The number of benzene rings is 2. The average Bonchev–Trinajstić information content (AvgIpc) is 2.61. The van der Waals surface area contributed by atoms with Crippen molar-refractivity contribution in [3.8, 4) is 11.5 Å². The van der Waals surface area contributed by atoms with Gasteiger partial charge in [-0.25, -0.2) is 9.59 Å². The zero-order chi connectivity index (χ0) is 20.9. The molecule has 0 spiro atoms. The van der Waals surface area contributed by atoms with Crippen molar-refractivity contribution in [1.82, 2.24) is 0 Å². The highest BCUT2D eigenvalue weighted by Crippen LogP contribution is 2.37. The second kappa shape index (κ2) is 8.91. The fourth-order valence-electron chi connectivity index (χ4n) is 2.83. The molecular formula is C23H29NO4. The van der Waals surface area contributed by atoms with Gasteiger partial charge < -0.3 is 15.2 Å². The van der Waals surface area contributed by atoms with Crippen molar-refractivity contribution in [1.29, 1.82) is 0 Å². The van der Waals surface area contributed by atoms with Crippen LogP contribution in [0.2, 0.25) is 0 Å². The molecule has 0 heterocycles. The third-order valence-electron chi connectivity index (χ3n) is 4.52. The van der Waals surface area contributed by atoms with E-state index >= 15 is 0 Å². The Morgan fingerprint density at radius 1 is 1.04 bits per heavy atom. The molecule has 0 fully saturated rings. The summed E-state index contributed by atoms with van der Waals surface area (Å²) in [5.74, 6) is -0.168. The lowest BCUT2D eigenvalue weighted by atomic mass is 9.86. The summed E-state index contributed by atoms with van der Waals surface area (Å²) in [5, 5.41) is 0. The van der Waals surface area contributed by atoms with Crippen molar-refractivity contribution in [3.63, 3.8) is 0 Å². The molecule has 0 saturated heterocycles. The number of carbonyl (C=O) groups excluding carboxylic acids is 2. The van der Waals surface area contributed by atoms with Crippen molar-refractivity contribution in [3.05, 3.63) is 58.7 Å². The Kier molecular flexibility index (Phi) is 6.84. The molecule has 0 atom stereocenters. The summed E-state index contributed by atoms with van der Waals surface area (Å²) in [6, 6.07) is 11.0. The fraction of sp³-hybridized carbons (Fsp3) is 0.391. The normalized spacial score (nSPS) is 11.2. The molecule has 0 aliphatic rings. The number of unbranched alkanes of at least 4 members (excludes halogenated alkanes) is 1. The molecule has 28 heavy (non-hydrogen) atoms. The van der Waals surface area contributed by atoms with E-state index in [0.29, 0.717) is 11.1 Å². The summed E-state index contributed by atoms with van der Waals surface area (Å²) in [6.07, 6.45) is 2.26. The quantitative estimate of drug-likeness (QED) is 0.541. The Morgan fingerprint density at radius 2 is 1.68 bits per heavy atom. The Balaban J connectivity index is 2.33. The first-order chi connectivity index (χ1) is 13.1. The summed E-state index contributed by atoms with van der Waals surface area (Å²) < 4.78 is 10.7. The van der Waals surface area contributed by atoms with E-state index in [1.54, 1.807) is 25.1 Å². The van der Waals surface area contributed by atoms with Crippen LogP contribution in [0.15, 0.2) is 36.4 Å². The first-order valence-electron chi connectivity index (χ1n) is 9.55. The molecule has 5 heteroatoms. The second-order valence-corrected chi connectivity index (χ2v) is 7.98. The van der Waals surface area contributed by atoms with E-state index in [-0.39, 0.29) is 16.9 Å². The monoisotopic (exact) mass is 383 g/mol. The summed E-state index contributed by atoms with van der Waals surface area (Å²) >= 11 is 0. The number of primary amides is 1. The van der Waals surface area contributed by atoms with Gasteiger partial charge in [0.15, 0.2) is 11.5 Å². The summed E-state index contributed by atoms with van der Waals surface area (Å²) in [7, 11) is 0. The van der Waals surface area contributed by atoms with Gasteiger partial charge in [0.25, 0.3) is 0 Å². The molecule has 2 aromatic rings. The molecule has 1 amide bonds. The number of esters is 1. The van der Waals surface area contributed by atoms with Gasteiger partial charge in [-0.2, -0.15) is 0 Å². The minimum absolute atomic E-state index is 0.161. The fourth-order valence-corrected chi connectivity index (χ4v) is 2.83. The molecule has 2 N–H and O–H groups in total. The largest absolute Gasteiger partial charge is 0.419 e. The molecule has 150 valence electrons. The van der Waals surface area contributed by atoms with E-state index in [2.05, 4.69) is 27.7 Å². The third-order valence-corrected chi connectivity index (χ3v) is 4.52. The highest BCUT2D eigenvalue weighted by molar-refractivity contribution is 5.91. The number of aryl methyl sites for hydroxylation is 2. The van der Waals surface area contributed by atoms with Crippen molar-refractivity contribution >= 4 is 12.1 Å². The Labute approximate surface area is 166 Å². The molecule has 2 rings (SSSR count). The van der Waals surface area contributed by atoms with Gasteiger partial charge >= 0.3 is 12.1 Å². The molecule has 5 nitrogen and oxygen atoms in total. The first-order valence-corrected chi connectivity index (χ1v) is 9.55. The zero-order valence-electron chi connectivity index (χ0n) is 17.3. The molecule has 0 aromatic heterocycles.